The quantitative estimate of drug-likeness (QED) is 0.632. The fraction of sp³-hybridized carbons (Fsp3) is 0.538. The molecular weight excluding hydrogens is 328 g/mol. The number of nitrogens with one attached hydrogen (secondary N) is 1. The molecule has 1 N–H and O–H groups in total. The first-order valence-corrected chi connectivity index (χ1v) is 7.12. The van der Waals surface area contributed by atoms with E-state index >= 15 is 0 Å². The highest BCUT2D eigenvalue weighted by molar-refractivity contribution is 9.10. The van der Waals surface area contributed by atoms with Crippen LogP contribution < -0.4 is 5.32 Å². The summed E-state index contributed by atoms with van der Waals surface area (Å²) in [6.07, 6.45) is 0.832. The third-order valence-corrected chi connectivity index (χ3v) is 4.00. The molecule has 1 fully saturated rings. The molecule has 0 spiro atoms. The van der Waals surface area contributed by atoms with Crippen molar-refractivity contribution in [1.82, 2.24) is 5.32 Å². The maximum atomic E-state index is 11.0. The molecule has 1 aliphatic heterocycles. The molecule has 1 unspecified atom stereocenters. The molecule has 1 saturated heterocycles. The number of ether oxygens (including phenoxy) is 2. The van der Waals surface area contributed by atoms with Crippen LogP contribution in [0.3, 0.4) is 0 Å². The lowest BCUT2D eigenvalue weighted by atomic mass is 10.0. The van der Waals surface area contributed by atoms with Crippen LogP contribution in [0.15, 0.2) is 22.7 Å². The Kier molecular flexibility index (Phi) is 5.09. The summed E-state index contributed by atoms with van der Waals surface area (Å²) in [5, 5.41) is 14.3. The van der Waals surface area contributed by atoms with Gasteiger partial charge in [-0.1, -0.05) is 15.9 Å². The Morgan fingerprint density at radius 3 is 3.00 bits per heavy atom. The zero-order valence-corrected chi connectivity index (χ0v) is 12.8. The van der Waals surface area contributed by atoms with E-state index in [4.69, 9.17) is 9.47 Å². The summed E-state index contributed by atoms with van der Waals surface area (Å²) < 4.78 is 11.6. The second-order valence-electron chi connectivity index (χ2n) is 4.82. The van der Waals surface area contributed by atoms with Crippen molar-refractivity contribution in [3.63, 3.8) is 0 Å². The van der Waals surface area contributed by atoms with Crippen molar-refractivity contribution in [1.29, 1.82) is 0 Å². The summed E-state index contributed by atoms with van der Waals surface area (Å²) >= 11 is 3.25. The lowest BCUT2D eigenvalue weighted by molar-refractivity contribution is -0.385. The third kappa shape index (κ3) is 3.54. The molecule has 0 radical (unpaired) electrons. The Bertz CT molecular complexity index is 489. The highest BCUT2D eigenvalue weighted by Gasteiger charge is 2.34. The zero-order chi connectivity index (χ0) is 14.6. The average molecular weight is 345 g/mol. The molecule has 1 aliphatic rings. The van der Waals surface area contributed by atoms with E-state index in [-0.39, 0.29) is 16.2 Å². The molecule has 0 bridgehead atoms. The van der Waals surface area contributed by atoms with Crippen LogP contribution in [0.1, 0.15) is 12.0 Å². The number of halogens is 1. The number of nitro groups is 1. The van der Waals surface area contributed by atoms with Crippen molar-refractivity contribution in [2.24, 2.45) is 0 Å². The van der Waals surface area contributed by atoms with Crippen LogP contribution >= 0.6 is 15.9 Å². The Balaban J connectivity index is 1.99. The van der Waals surface area contributed by atoms with Gasteiger partial charge in [-0.05, 0) is 12.1 Å². The average Bonchev–Trinajstić information content (AvgIpc) is 2.89. The Labute approximate surface area is 125 Å². The van der Waals surface area contributed by atoms with E-state index in [2.05, 4.69) is 21.2 Å². The van der Waals surface area contributed by atoms with Crippen molar-refractivity contribution >= 4 is 21.6 Å². The van der Waals surface area contributed by atoms with Gasteiger partial charge in [0, 0.05) is 49.3 Å². The summed E-state index contributed by atoms with van der Waals surface area (Å²) in [6, 6.07) is 5.07. The van der Waals surface area contributed by atoms with E-state index in [1.54, 1.807) is 19.2 Å². The fourth-order valence-electron chi connectivity index (χ4n) is 2.24. The summed E-state index contributed by atoms with van der Waals surface area (Å²) in [6.45, 7) is 2.28. The van der Waals surface area contributed by atoms with Crippen LogP contribution in [0, 0.1) is 10.1 Å². The van der Waals surface area contributed by atoms with E-state index < -0.39 is 0 Å². The minimum Gasteiger partial charge on any atom is -0.378 e. The van der Waals surface area contributed by atoms with Gasteiger partial charge >= 0.3 is 0 Å². The van der Waals surface area contributed by atoms with Crippen LogP contribution in [-0.2, 0) is 16.0 Å². The van der Waals surface area contributed by atoms with Gasteiger partial charge in [0.15, 0.2) is 0 Å². The van der Waals surface area contributed by atoms with E-state index in [1.807, 2.05) is 0 Å². The number of methoxy groups -OCH3 is 1. The molecule has 1 aromatic carbocycles. The van der Waals surface area contributed by atoms with Crippen LogP contribution in [0.2, 0.25) is 0 Å². The Morgan fingerprint density at radius 2 is 2.40 bits per heavy atom. The molecule has 7 heteroatoms. The van der Waals surface area contributed by atoms with Crippen LogP contribution in [-0.4, -0.2) is 37.4 Å². The molecule has 1 atom stereocenters. The first-order valence-electron chi connectivity index (χ1n) is 6.33. The number of nitrogens with zero attached hydrogens (tertiary/aromatic N) is 1. The summed E-state index contributed by atoms with van der Waals surface area (Å²) in [5.74, 6) is 0. The molecule has 1 heterocycles. The van der Waals surface area contributed by atoms with Gasteiger partial charge in [-0.2, -0.15) is 0 Å². The lowest BCUT2D eigenvalue weighted by Gasteiger charge is -2.26. The van der Waals surface area contributed by atoms with Crippen LogP contribution in [0.25, 0.3) is 0 Å². The highest BCUT2D eigenvalue weighted by Crippen LogP contribution is 2.25. The number of nitro benzene ring substituents is 1. The monoisotopic (exact) mass is 344 g/mol. The maximum Gasteiger partial charge on any atom is 0.275 e. The van der Waals surface area contributed by atoms with Gasteiger partial charge in [-0.15, -0.1) is 0 Å². The molecule has 110 valence electrons. The molecule has 20 heavy (non-hydrogen) atoms. The molecule has 0 aliphatic carbocycles. The van der Waals surface area contributed by atoms with Crippen LogP contribution in [0.5, 0.6) is 0 Å². The molecule has 2 rings (SSSR count). The molecule has 1 aromatic rings. The van der Waals surface area contributed by atoms with E-state index in [1.165, 1.54) is 6.07 Å². The fourth-order valence-corrected chi connectivity index (χ4v) is 2.59. The minimum absolute atomic E-state index is 0.112. The predicted molar refractivity (Wildman–Crippen MR) is 77.7 cm³/mol. The first kappa shape index (κ1) is 15.4. The summed E-state index contributed by atoms with van der Waals surface area (Å²) in [4.78, 5) is 10.7. The molecule has 0 aromatic heterocycles. The van der Waals surface area contributed by atoms with Gasteiger partial charge in [-0.3, -0.25) is 10.1 Å². The van der Waals surface area contributed by atoms with Crippen molar-refractivity contribution in [3.05, 3.63) is 38.3 Å². The first-order chi connectivity index (χ1) is 9.56. The van der Waals surface area contributed by atoms with Crippen molar-refractivity contribution in [2.75, 3.05) is 26.9 Å². The van der Waals surface area contributed by atoms with Gasteiger partial charge < -0.3 is 14.8 Å². The second kappa shape index (κ2) is 6.62. The highest BCUT2D eigenvalue weighted by atomic mass is 79.9. The smallest absolute Gasteiger partial charge is 0.275 e. The molecule has 0 saturated carbocycles. The van der Waals surface area contributed by atoms with Crippen LogP contribution in [0.4, 0.5) is 5.69 Å². The molecule has 0 amide bonds. The maximum absolute atomic E-state index is 11.0. The van der Waals surface area contributed by atoms with Crippen molar-refractivity contribution < 1.29 is 14.4 Å². The topological polar surface area (TPSA) is 73.6 Å². The zero-order valence-electron chi connectivity index (χ0n) is 11.2. The van der Waals surface area contributed by atoms with Crippen molar-refractivity contribution in [3.8, 4) is 0 Å². The van der Waals surface area contributed by atoms with Gasteiger partial charge in [0.05, 0.1) is 11.5 Å². The Hall–Kier alpha value is -1.02. The second-order valence-corrected chi connectivity index (χ2v) is 5.74. The van der Waals surface area contributed by atoms with E-state index in [9.17, 15) is 10.1 Å². The van der Waals surface area contributed by atoms with E-state index in [0.29, 0.717) is 36.3 Å². The minimum atomic E-state index is -0.369. The SMILES string of the molecule is COC1(CNCc2ccc(Br)cc2[N+](=O)[O-])CCOC1. The number of hydrogen-bond acceptors (Lipinski definition) is 5. The van der Waals surface area contributed by atoms with Gasteiger partial charge in [0.1, 0.15) is 5.60 Å². The van der Waals surface area contributed by atoms with Gasteiger partial charge in [0.25, 0.3) is 5.69 Å². The van der Waals surface area contributed by atoms with E-state index in [0.717, 1.165) is 6.42 Å². The molecular formula is C13H17BrN2O4. The number of hydrogen-bond donors (Lipinski definition) is 1. The van der Waals surface area contributed by atoms with Gasteiger partial charge in [-0.25, -0.2) is 0 Å². The summed E-state index contributed by atoms with van der Waals surface area (Å²) in [7, 11) is 1.67. The van der Waals surface area contributed by atoms with Gasteiger partial charge in [0.2, 0.25) is 0 Å². The summed E-state index contributed by atoms with van der Waals surface area (Å²) in [5.41, 5.74) is 0.453. The number of rotatable bonds is 6. The number of benzene rings is 1. The standard InChI is InChI=1S/C13H17BrN2O4/c1-19-13(4-5-20-9-13)8-15-7-10-2-3-11(14)6-12(10)16(17)18/h2-3,6,15H,4-5,7-9H2,1H3. The normalized spacial score (nSPS) is 22.1. The Morgan fingerprint density at radius 1 is 1.60 bits per heavy atom. The lowest BCUT2D eigenvalue weighted by Crippen LogP contribution is -2.42. The largest absolute Gasteiger partial charge is 0.378 e. The third-order valence-electron chi connectivity index (χ3n) is 3.51. The van der Waals surface area contributed by atoms with Crippen molar-refractivity contribution in [2.45, 2.75) is 18.6 Å². The molecule has 6 nitrogen and oxygen atoms in total. The predicted octanol–water partition coefficient (Wildman–Crippen LogP) is 2.25.